The number of carbonyl (C=O) groups excluding carboxylic acids is 1. The average Bonchev–Trinajstić information content (AvgIpc) is 2.89. The minimum atomic E-state index is -0.233. The summed E-state index contributed by atoms with van der Waals surface area (Å²) in [5.41, 5.74) is 3.10. The summed E-state index contributed by atoms with van der Waals surface area (Å²) in [4.78, 5) is 12.2. The van der Waals surface area contributed by atoms with Gasteiger partial charge in [0.2, 0.25) is 11.0 Å². The predicted molar refractivity (Wildman–Crippen MR) is 89.3 cm³/mol. The Labute approximate surface area is 132 Å². The molecular weight excluding hydrogens is 304 g/mol. The van der Waals surface area contributed by atoms with E-state index in [1.807, 2.05) is 32.9 Å². The van der Waals surface area contributed by atoms with Gasteiger partial charge in [0.05, 0.1) is 5.25 Å². The van der Waals surface area contributed by atoms with Gasteiger partial charge in [0.1, 0.15) is 0 Å². The molecule has 0 unspecified atom stereocenters. The van der Waals surface area contributed by atoms with Gasteiger partial charge in [0.25, 0.3) is 0 Å². The van der Waals surface area contributed by atoms with Crippen LogP contribution in [0.1, 0.15) is 18.1 Å². The van der Waals surface area contributed by atoms with Crippen LogP contribution in [0.15, 0.2) is 22.5 Å². The summed E-state index contributed by atoms with van der Waals surface area (Å²) in [6.07, 6.45) is 0. The number of aromatic nitrogens is 2. The van der Waals surface area contributed by atoms with Crippen molar-refractivity contribution >= 4 is 39.8 Å². The highest BCUT2D eigenvalue weighted by atomic mass is 32.2. The lowest BCUT2D eigenvalue weighted by atomic mass is 10.1. The first-order valence-corrected chi connectivity index (χ1v) is 8.25. The van der Waals surface area contributed by atoms with Crippen molar-refractivity contribution in [1.29, 1.82) is 0 Å². The Bertz CT molecular complexity index is 642. The van der Waals surface area contributed by atoms with Crippen molar-refractivity contribution in [3.05, 3.63) is 29.3 Å². The molecule has 0 fully saturated rings. The van der Waals surface area contributed by atoms with Crippen LogP contribution in [0.5, 0.6) is 0 Å². The summed E-state index contributed by atoms with van der Waals surface area (Å²) in [6.45, 7) is 5.89. The lowest BCUT2D eigenvalue weighted by Gasteiger charge is -2.12. The number of nitrogens with one attached hydrogen (secondary N) is 2. The Hall–Kier alpha value is -1.60. The number of carbonyl (C=O) groups is 1. The summed E-state index contributed by atoms with van der Waals surface area (Å²) in [7, 11) is 1.80. The van der Waals surface area contributed by atoms with E-state index in [-0.39, 0.29) is 11.2 Å². The second-order valence-corrected chi connectivity index (χ2v) is 7.26. The molecule has 0 bridgehead atoms. The van der Waals surface area contributed by atoms with Gasteiger partial charge in [0, 0.05) is 12.7 Å². The normalized spacial score (nSPS) is 12.0. The van der Waals surface area contributed by atoms with E-state index in [2.05, 4.69) is 26.9 Å². The van der Waals surface area contributed by atoms with E-state index in [4.69, 9.17) is 0 Å². The molecule has 2 rings (SSSR count). The van der Waals surface area contributed by atoms with Crippen LogP contribution >= 0.6 is 23.1 Å². The van der Waals surface area contributed by atoms with Crippen molar-refractivity contribution < 1.29 is 4.79 Å². The van der Waals surface area contributed by atoms with Gasteiger partial charge >= 0.3 is 0 Å². The van der Waals surface area contributed by atoms with E-state index in [0.717, 1.165) is 20.7 Å². The van der Waals surface area contributed by atoms with E-state index in [1.54, 1.807) is 7.05 Å². The monoisotopic (exact) mass is 322 g/mol. The Balaban J connectivity index is 1.99. The molecule has 21 heavy (non-hydrogen) atoms. The number of hydrogen-bond acceptors (Lipinski definition) is 6. The van der Waals surface area contributed by atoms with Crippen molar-refractivity contribution in [2.75, 3.05) is 17.7 Å². The van der Waals surface area contributed by atoms with E-state index < -0.39 is 0 Å². The molecule has 5 nitrogen and oxygen atoms in total. The molecule has 7 heteroatoms. The van der Waals surface area contributed by atoms with Gasteiger partial charge in [-0.1, -0.05) is 40.8 Å². The van der Waals surface area contributed by atoms with Crippen LogP contribution in [0.3, 0.4) is 0 Å². The van der Waals surface area contributed by atoms with Crippen LogP contribution in [0, 0.1) is 13.8 Å². The van der Waals surface area contributed by atoms with Crippen LogP contribution in [-0.4, -0.2) is 28.4 Å². The van der Waals surface area contributed by atoms with Gasteiger partial charge in [-0.3, -0.25) is 4.79 Å². The second kappa shape index (κ2) is 6.91. The van der Waals surface area contributed by atoms with Crippen LogP contribution in [0.25, 0.3) is 0 Å². The number of rotatable bonds is 5. The quantitative estimate of drug-likeness (QED) is 0.827. The minimum Gasteiger partial charge on any atom is -0.363 e. The number of thioether (sulfide) groups is 1. The molecule has 0 saturated carbocycles. The molecule has 2 aromatic rings. The highest BCUT2D eigenvalue weighted by Crippen LogP contribution is 2.29. The average molecular weight is 322 g/mol. The van der Waals surface area contributed by atoms with E-state index in [1.165, 1.54) is 28.7 Å². The summed E-state index contributed by atoms with van der Waals surface area (Å²) >= 11 is 2.85. The lowest BCUT2D eigenvalue weighted by molar-refractivity contribution is -0.115. The molecule has 1 aromatic carbocycles. The summed E-state index contributed by atoms with van der Waals surface area (Å²) in [6, 6.07) is 5.98. The largest absolute Gasteiger partial charge is 0.363 e. The van der Waals surface area contributed by atoms with Gasteiger partial charge in [-0.15, -0.1) is 10.2 Å². The molecule has 0 aliphatic rings. The maximum atomic E-state index is 12.2. The smallest absolute Gasteiger partial charge is 0.237 e. The van der Waals surface area contributed by atoms with Crippen LogP contribution in [0.4, 0.5) is 10.8 Å². The summed E-state index contributed by atoms with van der Waals surface area (Å²) in [5.74, 6) is -0.0341. The van der Waals surface area contributed by atoms with E-state index in [9.17, 15) is 4.79 Å². The van der Waals surface area contributed by atoms with Crippen LogP contribution in [0.2, 0.25) is 0 Å². The number of aryl methyl sites for hydroxylation is 2. The fraction of sp³-hybridized carbons (Fsp3) is 0.357. The SMILES string of the molecule is CNc1nnc(S[C@H](C)C(=O)Nc2ccc(C)cc2C)s1. The third kappa shape index (κ3) is 4.18. The first-order valence-electron chi connectivity index (χ1n) is 6.55. The zero-order valence-electron chi connectivity index (χ0n) is 12.4. The fourth-order valence-corrected chi connectivity index (χ4v) is 3.60. The zero-order chi connectivity index (χ0) is 15.4. The van der Waals surface area contributed by atoms with E-state index in [0.29, 0.717) is 0 Å². The lowest BCUT2D eigenvalue weighted by Crippen LogP contribution is -2.22. The summed E-state index contributed by atoms with van der Waals surface area (Å²) in [5, 5.41) is 14.4. The molecule has 0 aliphatic heterocycles. The molecule has 1 amide bonds. The molecule has 112 valence electrons. The molecule has 1 aromatic heterocycles. The van der Waals surface area contributed by atoms with Gasteiger partial charge in [-0.2, -0.15) is 0 Å². The van der Waals surface area contributed by atoms with Crippen molar-refractivity contribution in [3.63, 3.8) is 0 Å². The zero-order valence-corrected chi connectivity index (χ0v) is 14.1. The maximum Gasteiger partial charge on any atom is 0.237 e. The highest BCUT2D eigenvalue weighted by Gasteiger charge is 2.17. The van der Waals surface area contributed by atoms with Gasteiger partial charge < -0.3 is 10.6 Å². The van der Waals surface area contributed by atoms with Crippen molar-refractivity contribution in [3.8, 4) is 0 Å². The molecule has 0 radical (unpaired) electrons. The third-order valence-electron chi connectivity index (χ3n) is 2.91. The maximum absolute atomic E-state index is 12.2. The fourth-order valence-electron chi connectivity index (χ4n) is 1.75. The number of benzene rings is 1. The standard InChI is InChI=1S/C14H18N4OS2/c1-8-5-6-11(9(2)7-8)16-12(19)10(3)20-14-18-17-13(15-4)21-14/h5-7,10H,1-4H3,(H,15,17)(H,16,19)/t10-/m1/s1. The van der Waals surface area contributed by atoms with Gasteiger partial charge in [0.15, 0.2) is 4.34 Å². The molecule has 0 spiro atoms. The third-order valence-corrected chi connectivity index (χ3v) is 5.03. The van der Waals surface area contributed by atoms with Crippen molar-refractivity contribution in [2.45, 2.75) is 30.4 Å². The first kappa shape index (κ1) is 15.8. The number of amides is 1. The molecule has 1 heterocycles. The topological polar surface area (TPSA) is 66.9 Å². The van der Waals surface area contributed by atoms with Crippen molar-refractivity contribution in [2.24, 2.45) is 0 Å². The first-order chi connectivity index (χ1) is 9.99. The Kier molecular flexibility index (Phi) is 5.19. The molecule has 0 saturated heterocycles. The number of anilines is 2. The number of nitrogens with zero attached hydrogens (tertiary/aromatic N) is 2. The highest BCUT2D eigenvalue weighted by molar-refractivity contribution is 8.02. The molecular formula is C14H18N4OS2. The number of hydrogen-bond donors (Lipinski definition) is 2. The molecule has 2 N–H and O–H groups in total. The van der Waals surface area contributed by atoms with Gasteiger partial charge in [-0.05, 0) is 32.4 Å². The van der Waals surface area contributed by atoms with E-state index >= 15 is 0 Å². The van der Waals surface area contributed by atoms with Gasteiger partial charge in [-0.25, -0.2) is 0 Å². The van der Waals surface area contributed by atoms with Crippen LogP contribution in [-0.2, 0) is 4.79 Å². The van der Waals surface area contributed by atoms with Crippen molar-refractivity contribution in [1.82, 2.24) is 10.2 Å². The Morgan fingerprint density at radius 1 is 1.33 bits per heavy atom. The predicted octanol–water partition coefficient (Wildman–Crippen LogP) is 3.32. The Morgan fingerprint density at radius 2 is 2.10 bits per heavy atom. The molecule has 1 atom stereocenters. The molecule has 0 aliphatic carbocycles. The summed E-state index contributed by atoms with van der Waals surface area (Å²) < 4.78 is 0.780. The Morgan fingerprint density at radius 3 is 2.71 bits per heavy atom. The second-order valence-electron chi connectivity index (χ2n) is 4.69. The van der Waals surface area contributed by atoms with Crippen LogP contribution < -0.4 is 10.6 Å². The minimum absolute atomic E-state index is 0.0341.